The number of benzene rings is 7. The molecule has 0 bridgehead atoms. The SMILES string of the molecule is c1ccc(-c2ccc(N(c3ccc(-c4ccccc4)cc3)c3ccc4nc(-c5ccccc5)cc(-c5ccccc5)c4c3)cc2)cc1. The molecular weight excluding hydrogens is 569 g/mol. The minimum Gasteiger partial charge on any atom is -0.310 e. The van der Waals surface area contributed by atoms with Crippen molar-refractivity contribution in [1.82, 2.24) is 4.98 Å². The van der Waals surface area contributed by atoms with Crippen LogP contribution in [0.2, 0.25) is 0 Å². The molecule has 2 heteroatoms. The number of rotatable bonds is 7. The van der Waals surface area contributed by atoms with Crippen molar-refractivity contribution < 1.29 is 0 Å². The first-order chi connectivity index (χ1) is 23.3. The standard InChI is InChI=1S/C45H32N2/c1-5-13-33(14-6-1)35-21-25-39(26-22-35)47(40-27-23-36(24-28-40)34-15-7-2-8-16-34)41-29-30-44-43(31-41)42(37-17-9-3-10-18-37)32-45(46-44)38-19-11-4-12-20-38/h1-32H. The van der Waals surface area contributed by atoms with E-state index in [4.69, 9.17) is 4.98 Å². The first-order valence-electron chi connectivity index (χ1n) is 16.0. The largest absolute Gasteiger partial charge is 0.310 e. The molecular formula is C45H32N2. The molecule has 0 aliphatic heterocycles. The Labute approximate surface area is 275 Å². The molecule has 0 atom stereocenters. The third kappa shape index (κ3) is 5.81. The Bertz CT molecular complexity index is 2160. The van der Waals surface area contributed by atoms with E-state index in [1.54, 1.807) is 0 Å². The zero-order valence-corrected chi connectivity index (χ0v) is 25.9. The van der Waals surface area contributed by atoms with Crippen molar-refractivity contribution in [3.8, 4) is 44.6 Å². The maximum absolute atomic E-state index is 5.15. The second-order valence-corrected chi connectivity index (χ2v) is 11.6. The smallest absolute Gasteiger partial charge is 0.0717 e. The highest BCUT2D eigenvalue weighted by Crippen LogP contribution is 2.40. The molecule has 0 radical (unpaired) electrons. The quantitative estimate of drug-likeness (QED) is 0.181. The van der Waals surface area contributed by atoms with E-state index in [1.165, 1.54) is 27.8 Å². The van der Waals surface area contributed by atoms with Gasteiger partial charge in [-0.15, -0.1) is 0 Å². The first-order valence-corrected chi connectivity index (χ1v) is 16.0. The number of nitrogens with zero attached hydrogens (tertiary/aromatic N) is 2. The van der Waals surface area contributed by atoms with E-state index in [1.807, 2.05) is 6.07 Å². The second-order valence-electron chi connectivity index (χ2n) is 11.6. The predicted molar refractivity (Wildman–Crippen MR) is 198 cm³/mol. The molecule has 0 amide bonds. The molecule has 8 rings (SSSR count). The fourth-order valence-electron chi connectivity index (χ4n) is 6.28. The van der Waals surface area contributed by atoms with E-state index >= 15 is 0 Å². The molecule has 0 saturated carbocycles. The van der Waals surface area contributed by atoms with Gasteiger partial charge < -0.3 is 4.90 Å². The van der Waals surface area contributed by atoms with Crippen molar-refractivity contribution >= 4 is 28.0 Å². The van der Waals surface area contributed by atoms with Crippen molar-refractivity contribution in [2.75, 3.05) is 4.90 Å². The number of hydrogen-bond donors (Lipinski definition) is 0. The summed E-state index contributed by atoms with van der Waals surface area (Å²) < 4.78 is 0. The molecule has 0 spiro atoms. The molecule has 1 aromatic heterocycles. The van der Waals surface area contributed by atoms with Crippen LogP contribution in [0.1, 0.15) is 0 Å². The van der Waals surface area contributed by atoms with E-state index in [2.05, 4.69) is 193 Å². The lowest BCUT2D eigenvalue weighted by molar-refractivity contribution is 1.28. The Morgan fingerprint density at radius 2 is 0.723 bits per heavy atom. The Kier molecular flexibility index (Phi) is 7.59. The summed E-state index contributed by atoms with van der Waals surface area (Å²) in [6.07, 6.45) is 0. The maximum atomic E-state index is 5.15. The van der Waals surface area contributed by atoms with Gasteiger partial charge in [0.25, 0.3) is 0 Å². The van der Waals surface area contributed by atoms with Gasteiger partial charge in [0.05, 0.1) is 11.2 Å². The first kappa shape index (κ1) is 28.2. The van der Waals surface area contributed by atoms with Gasteiger partial charge in [-0.1, -0.05) is 146 Å². The lowest BCUT2D eigenvalue weighted by Gasteiger charge is -2.26. The second kappa shape index (κ2) is 12.6. The highest BCUT2D eigenvalue weighted by Gasteiger charge is 2.17. The van der Waals surface area contributed by atoms with Crippen LogP contribution in [-0.2, 0) is 0 Å². The van der Waals surface area contributed by atoms with E-state index in [9.17, 15) is 0 Å². The third-order valence-corrected chi connectivity index (χ3v) is 8.67. The zero-order valence-electron chi connectivity index (χ0n) is 25.9. The van der Waals surface area contributed by atoms with Gasteiger partial charge in [0, 0.05) is 28.0 Å². The molecule has 0 fully saturated rings. The van der Waals surface area contributed by atoms with E-state index in [0.29, 0.717) is 0 Å². The van der Waals surface area contributed by atoms with Gasteiger partial charge in [-0.2, -0.15) is 0 Å². The average molecular weight is 601 g/mol. The Morgan fingerprint density at radius 3 is 1.21 bits per heavy atom. The lowest BCUT2D eigenvalue weighted by Crippen LogP contribution is -2.10. The molecule has 7 aromatic carbocycles. The minimum atomic E-state index is 0.966. The number of fused-ring (bicyclic) bond motifs is 1. The summed E-state index contributed by atoms with van der Waals surface area (Å²) in [7, 11) is 0. The molecule has 1 heterocycles. The van der Waals surface area contributed by atoms with Gasteiger partial charge in [0.2, 0.25) is 0 Å². The van der Waals surface area contributed by atoms with Gasteiger partial charge in [0.1, 0.15) is 0 Å². The van der Waals surface area contributed by atoms with Crippen LogP contribution >= 0.6 is 0 Å². The predicted octanol–water partition coefficient (Wildman–Crippen LogP) is 12.4. The van der Waals surface area contributed by atoms with Crippen LogP contribution in [-0.4, -0.2) is 4.98 Å². The normalized spacial score (nSPS) is 11.0. The monoisotopic (exact) mass is 600 g/mol. The number of anilines is 3. The van der Waals surface area contributed by atoms with Crippen LogP contribution in [0, 0.1) is 0 Å². The highest BCUT2D eigenvalue weighted by atomic mass is 15.1. The molecule has 2 nitrogen and oxygen atoms in total. The van der Waals surface area contributed by atoms with Crippen molar-refractivity contribution in [1.29, 1.82) is 0 Å². The van der Waals surface area contributed by atoms with Crippen LogP contribution in [0.25, 0.3) is 55.5 Å². The van der Waals surface area contributed by atoms with Crippen molar-refractivity contribution in [3.63, 3.8) is 0 Å². The zero-order chi connectivity index (χ0) is 31.4. The summed E-state index contributed by atoms with van der Waals surface area (Å²) in [6.45, 7) is 0. The van der Waals surface area contributed by atoms with Crippen LogP contribution in [0.5, 0.6) is 0 Å². The minimum absolute atomic E-state index is 0.966. The fraction of sp³-hybridized carbons (Fsp3) is 0. The number of hydrogen-bond acceptors (Lipinski definition) is 2. The topological polar surface area (TPSA) is 16.1 Å². The van der Waals surface area contributed by atoms with Gasteiger partial charge in [-0.05, 0) is 81.9 Å². The van der Waals surface area contributed by atoms with Crippen LogP contribution in [0.15, 0.2) is 194 Å². The van der Waals surface area contributed by atoms with Gasteiger partial charge in [-0.25, -0.2) is 4.98 Å². The van der Waals surface area contributed by atoms with Crippen molar-refractivity contribution in [2.24, 2.45) is 0 Å². The maximum Gasteiger partial charge on any atom is 0.0717 e. The van der Waals surface area contributed by atoms with Crippen LogP contribution in [0.3, 0.4) is 0 Å². The summed E-state index contributed by atoms with van der Waals surface area (Å²) in [5, 5.41) is 1.11. The molecule has 8 aromatic rings. The van der Waals surface area contributed by atoms with Gasteiger partial charge in [0.15, 0.2) is 0 Å². The molecule has 47 heavy (non-hydrogen) atoms. The summed E-state index contributed by atoms with van der Waals surface area (Å²) in [5.41, 5.74) is 13.4. The van der Waals surface area contributed by atoms with Gasteiger partial charge in [-0.3, -0.25) is 0 Å². The van der Waals surface area contributed by atoms with Gasteiger partial charge >= 0.3 is 0 Å². The summed E-state index contributed by atoms with van der Waals surface area (Å²) >= 11 is 0. The number of aromatic nitrogens is 1. The highest BCUT2D eigenvalue weighted by molar-refractivity contribution is 5.99. The van der Waals surface area contributed by atoms with Crippen LogP contribution in [0.4, 0.5) is 17.1 Å². The Morgan fingerprint density at radius 1 is 0.319 bits per heavy atom. The fourth-order valence-corrected chi connectivity index (χ4v) is 6.28. The van der Waals surface area contributed by atoms with Crippen molar-refractivity contribution in [2.45, 2.75) is 0 Å². The molecule has 0 aliphatic rings. The molecule has 0 aliphatic carbocycles. The average Bonchev–Trinajstić information content (AvgIpc) is 3.16. The van der Waals surface area contributed by atoms with Crippen molar-refractivity contribution in [3.05, 3.63) is 194 Å². The molecule has 0 unspecified atom stereocenters. The number of pyridine rings is 1. The summed E-state index contributed by atoms with van der Waals surface area (Å²) in [5.74, 6) is 0. The Balaban J connectivity index is 1.28. The molecule has 222 valence electrons. The lowest BCUT2D eigenvalue weighted by atomic mass is 9.97. The third-order valence-electron chi connectivity index (χ3n) is 8.67. The Hall–Kier alpha value is -6.25. The molecule has 0 saturated heterocycles. The van der Waals surface area contributed by atoms with E-state index < -0.39 is 0 Å². The summed E-state index contributed by atoms with van der Waals surface area (Å²) in [6, 6.07) is 68.7. The molecule has 0 N–H and O–H groups in total. The summed E-state index contributed by atoms with van der Waals surface area (Å²) in [4.78, 5) is 7.49. The van der Waals surface area contributed by atoms with Crippen LogP contribution < -0.4 is 4.90 Å². The van der Waals surface area contributed by atoms with E-state index in [0.717, 1.165) is 44.8 Å². The van der Waals surface area contributed by atoms with E-state index in [-0.39, 0.29) is 0 Å².